The normalized spacial score (nSPS) is 12.7. The molecule has 3 aromatic heterocycles. The number of aromatic nitrogens is 3. The monoisotopic (exact) mass is 1220 g/mol. The van der Waals surface area contributed by atoms with Gasteiger partial charge in [0.25, 0.3) is 0 Å². The van der Waals surface area contributed by atoms with Crippen molar-refractivity contribution >= 4 is 65.4 Å². The lowest BCUT2D eigenvalue weighted by Gasteiger charge is -2.33. The second-order valence-corrected chi connectivity index (χ2v) is 27.2. The van der Waals surface area contributed by atoms with Gasteiger partial charge in [0.2, 0.25) is 0 Å². The number of hydrogen-bond acceptors (Lipinski definition) is 0. The largest absolute Gasteiger partial charge is 0.309 e. The minimum absolute atomic E-state index is 0.0751. The molecule has 0 fully saturated rings. The molecule has 0 saturated heterocycles. The molecule has 0 unspecified atom stereocenters. The van der Waals surface area contributed by atoms with Crippen molar-refractivity contribution in [2.24, 2.45) is 0 Å². The van der Waals surface area contributed by atoms with Gasteiger partial charge in [-0.2, -0.15) is 0 Å². The minimum atomic E-state index is -0.0751. The third-order valence-corrected chi connectivity index (χ3v) is 21.1. The van der Waals surface area contributed by atoms with E-state index in [0.717, 1.165) is 5.69 Å². The molecular weight excluding hydrogens is 1140 g/mol. The quantitative estimate of drug-likeness (QED) is 0.0637. The van der Waals surface area contributed by atoms with Gasteiger partial charge in [-0.05, 0) is 196 Å². The molecule has 0 spiro atoms. The smallest absolute Gasteiger partial charge is 0.0542 e. The SMILES string of the molecule is CCCCCCCCC1(CCCCCCCC)c2cc(-c3ccc(-c4ccc(C)cc4)cc3)ccc2-c2ccc(-c3cc(C)cc(-n4c5ccccc5c5cc(-c6ccc7c(c6)c6ccccc6n7-c6ccc7c(c6)c6ccccc6n7-c6ccccc6)ccc54)c3)cc21. The maximum atomic E-state index is 2.65. The van der Waals surface area contributed by atoms with Crippen molar-refractivity contribution in [3.63, 3.8) is 0 Å². The van der Waals surface area contributed by atoms with E-state index in [2.05, 4.69) is 302 Å². The highest BCUT2D eigenvalue weighted by Gasteiger charge is 2.43. The van der Waals surface area contributed by atoms with E-state index in [1.165, 1.54) is 239 Å². The molecule has 462 valence electrons. The Balaban J connectivity index is 0.766. The van der Waals surface area contributed by atoms with Crippen LogP contribution in [0.1, 0.15) is 126 Å². The Kier molecular flexibility index (Phi) is 15.8. The van der Waals surface area contributed by atoms with Gasteiger partial charge in [0.1, 0.15) is 0 Å². The van der Waals surface area contributed by atoms with E-state index in [1.54, 1.807) is 5.56 Å². The van der Waals surface area contributed by atoms with Gasteiger partial charge in [-0.15, -0.1) is 0 Å². The molecule has 0 bridgehead atoms. The van der Waals surface area contributed by atoms with Gasteiger partial charge in [0.05, 0.1) is 33.1 Å². The number of nitrogens with zero attached hydrogens (tertiary/aromatic N) is 3. The lowest BCUT2D eigenvalue weighted by atomic mass is 9.70. The fourth-order valence-electron chi connectivity index (χ4n) is 16.4. The highest BCUT2D eigenvalue weighted by molar-refractivity contribution is 6.14. The standard InChI is InChI=1S/C91H83N3/c1-5-7-9-11-13-24-52-91(53-25-14-12-10-8-6-2)83-59-69(66-40-38-65(39-41-66)64-36-34-62(3)35-37-64)42-47-75(83)76-48-43-70(60-84(76)91)71-54-63(4)55-74(56-71)94-87-33-23-19-29-78(87)81-58-68(45-50-89(81)94)67-44-49-88-80(57-67)77-28-18-22-32-86(77)93(88)73-46-51-90-82(61-73)79-30-20-21-31-85(79)92(90)72-26-16-15-17-27-72/h15-23,26-51,54-61H,5-14,24-25,52-53H2,1-4H3. The van der Waals surface area contributed by atoms with Crippen molar-refractivity contribution in [1.29, 1.82) is 0 Å². The molecule has 3 heteroatoms. The Morgan fingerprint density at radius 3 is 1.16 bits per heavy atom. The van der Waals surface area contributed by atoms with Crippen LogP contribution >= 0.6 is 0 Å². The summed E-state index contributed by atoms with van der Waals surface area (Å²) in [6, 6.07) is 99.4. The molecule has 0 atom stereocenters. The number of hydrogen-bond donors (Lipinski definition) is 0. The van der Waals surface area contributed by atoms with E-state index in [-0.39, 0.29) is 5.41 Å². The summed E-state index contributed by atoms with van der Waals surface area (Å²) in [6.07, 6.45) is 17.9. The molecule has 94 heavy (non-hydrogen) atoms. The molecule has 12 aromatic carbocycles. The van der Waals surface area contributed by atoms with E-state index in [4.69, 9.17) is 0 Å². The van der Waals surface area contributed by atoms with Crippen molar-refractivity contribution in [2.45, 2.75) is 123 Å². The summed E-state index contributed by atoms with van der Waals surface area (Å²) < 4.78 is 7.38. The van der Waals surface area contributed by atoms with Crippen LogP contribution in [0.2, 0.25) is 0 Å². The van der Waals surface area contributed by atoms with Crippen LogP contribution in [-0.4, -0.2) is 13.7 Å². The topological polar surface area (TPSA) is 14.8 Å². The third kappa shape index (κ3) is 10.5. The highest BCUT2D eigenvalue weighted by Crippen LogP contribution is 2.56. The fourth-order valence-corrected chi connectivity index (χ4v) is 16.4. The zero-order valence-corrected chi connectivity index (χ0v) is 55.1. The molecule has 3 heterocycles. The van der Waals surface area contributed by atoms with E-state index in [9.17, 15) is 0 Å². The number of rotatable bonds is 21. The summed E-state index contributed by atoms with van der Waals surface area (Å²) in [5, 5.41) is 7.51. The van der Waals surface area contributed by atoms with Crippen LogP contribution in [-0.2, 0) is 5.41 Å². The maximum absolute atomic E-state index is 2.65. The first-order valence-electron chi connectivity index (χ1n) is 35.1. The first-order chi connectivity index (χ1) is 46.3. The Morgan fingerprint density at radius 2 is 0.628 bits per heavy atom. The summed E-state index contributed by atoms with van der Waals surface area (Å²) >= 11 is 0. The van der Waals surface area contributed by atoms with E-state index >= 15 is 0 Å². The zero-order chi connectivity index (χ0) is 63.3. The molecular formula is C91H83N3. The molecule has 0 N–H and O–H groups in total. The van der Waals surface area contributed by atoms with Crippen LogP contribution in [0.3, 0.4) is 0 Å². The van der Waals surface area contributed by atoms with Gasteiger partial charge < -0.3 is 13.7 Å². The van der Waals surface area contributed by atoms with Crippen LogP contribution in [0.25, 0.3) is 138 Å². The second-order valence-electron chi connectivity index (χ2n) is 27.2. The Labute approximate surface area is 554 Å². The van der Waals surface area contributed by atoms with Crippen LogP contribution < -0.4 is 0 Å². The average molecular weight is 1220 g/mol. The van der Waals surface area contributed by atoms with E-state index in [1.807, 2.05) is 0 Å². The minimum Gasteiger partial charge on any atom is -0.309 e. The van der Waals surface area contributed by atoms with E-state index < -0.39 is 0 Å². The predicted molar refractivity (Wildman–Crippen MR) is 403 cm³/mol. The highest BCUT2D eigenvalue weighted by atomic mass is 15.0. The van der Waals surface area contributed by atoms with Gasteiger partial charge in [0, 0.05) is 54.8 Å². The number of benzene rings is 12. The summed E-state index contributed by atoms with van der Waals surface area (Å²) in [4.78, 5) is 0. The van der Waals surface area contributed by atoms with Crippen molar-refractivity contribution in [1.82, 2.24) is 13.7 Å². The Bertz CT molecular complexity index is 5280. The van der Waals surface area contributed by atoms with E-state index in [0.29, 0.717) is 0 Å². The number of aryl methyl sites for hydroxylation is 2. The summed E-state index contributed by atoms with van der Waals surface area (Å²) in [7, 11) is 0. The molecule has 1 aliphatic rings. The van der Waals surface area contributed by atoms with Gasteiger partial charge in [0.15, 0.2) is 0 Å². The first-order valence-corrected chi connectivity index (χ1v) is 35.1. The molecule has 15 aromatic rings. The maximum Gasteiger partial charge on any atom is 0.0542 e. The Morgan fingerprint density at radius 1 is 0.245 bits per heavy atom. The van der Waals surface area contributed by atoms with Gasteiger partial charge >= 0.3 is 0 Å². The summed E-state index contributed by atoms with van der Waals surface area (Å²) in [6.45, 7) is 9.11. The Hall–Kier alpha value is -9.96. The van der Waals surface area contributed by atoms with Crippen LogP contribution in [0, 0.1) is 13.8 Å². The number of para-hydroxylation sites is 4. The van der Waals surface area contributed by atoms with Crippen LogP contribution in [0.5, 0.6) is 0 Å². The molecule has 0 amide bonds. The second kappa shape index (κ2) is 25.2. The third-order valence-electron chi connectivity index (χ3n) is 21.1. The van der Waals surface area contributed by atoms with Crippen LogP contribution in [0.4, 0.5) is 0 Å². The molecule has 0 saturated carbocycles. The van der Waals surface area contributed by atoms with Crippen molar-refractivity contribution in [2.75, 3.05) is 0 Å². The van der Waals surface area contributed by atoms with Crippen molar-refractivity contribution in [3.05, 3.63) is 283 Å². The lowest BCUT2D eigenvalue weighted by Crippen LogP contribution is -2.25. The van der Waals surface area contributed by atoms with Gasteiger partial charge in [-0.1, -0.05) is 260 Å². The lowest BCUT2D eigenvalue weighted by molar-refractivity contribution is 0.398. The molecule has 1 aliphatic carbocycles. The molecule has 0 radical (unpaired) electrons. The molecule has 16 rings (SSSR count). The molecule has 3 nitrogen and oxygen atoms in total. The van der Waals surface area contributed by atoms with Crippen LogP contribution in [0.15, 0.2) is 261 Å². The average Bonchev–Trinajstić information content (AvgIpc) is 1.57. The molecule has 0 aliphatic heterocycles. The number of unbranched alkanes of at least 4 members (excludes halogenated alkanes) is 10. The van der Waals surface area contributed by atoms with Gasteiger partial charge in [-0.25, -0.2) is 0 Å². The summed E-state index contributed by atoms with van der Waals surface area (Å²) in [5.41, 5.74) is 29.3. The zero-order valence-electron chi connectivity index (χ0n) is 55.1. The first kappa shape index (κ1) is 59.1. The summed E-state index contributed by atoms with van der Waals surface area (Å²) in [5.74, 6) is 0. The predicted octanol–water partition coefficient (Wildman–Crippen LogP) is 26.0. The van der Waals surface area contributed by atoms with Gasteiger partial charge in [-0.3, -0.25) is 0 Å². The fraction of sp³-hybridized carbons (Fsp3) is 0.209. The van der Waals surface area contributed by atoms with Crippen molar-refractivity contribution < 1.29 is 0 Å². The number of fused-ring (bicyclic) bond motifs is 12. The van der Waals surface area contributed by atoms with Crippen molar-refractivity contribution in [3.8, 4) is 72.7 Å².